The van der Waals surface area contributed by atoms with Crippen molar-refractivity contribution in [1.82, 2.24) is 29.8 Å². The lowest BCUT2D eigenvalue weighted by molar-refractivity contribution is -0.144. The number of aryl methyl sites for hydroxylation is 2. The number of amides is 2. The molecule has 1 N–H and O–H groups in total. The average Bonchev–Trinajstić information content (AvgIpc) is 3.27. The third-order valence-corrected chi connectivity index (χ3v) is 4.76. The van der Waals surface area contributed by atoms with Gasteiger partial charge in [-0.05, 0) is 26.7 Å². The maximum absolute atomic E-state index is 12.8. The van der Waals surface area contributed by atoms with E-state index in [0.717, 1.165) is 30.4 Å². The molecule has 1 aliphatic heterocycles. The Labute approximate surface area is 159 Å². The first kappa shape index (κ1) is 20.0. The number of alkyl halides is 3. The Morgan fingerprint density at radius 2 is 1.82 bits per heavy atom. The minimum Gasteiger partial charge on any atom is -0.355 e. The average molecular weight is 398 g/mol. The molecule has 2 aromatic heterocycles. The number of hydrogen-bond acceptors (Lipinski definition) is 5. The fourth-order valence-electron chi connectivity index (χ4n) is 3.24. The minimum absolute atomic E-state index is 0.00976. The summed E-state index contributed by atoms with van der Waals surface area (Å²) in [7, 11) is 0. The van der Waals surface area contributed by atoms with Gasteiger partial charge in [-0.2, -0.15) is 18.2 Å². The number of nitrogens with one attached hydrogen (secondary N) is 1. The highest BCUT2D eigenvalue weighted by molar-refractivity contribution is 5.81. The van der Waals surface area contributed by atoms with E-state index in [1.165, 1.54) is 0 Å². The highest BCUT2D eigenvalue weighted by Gasteiger charge is 2.37. The van der Waals surface area contributed by atoms with Gasteiger partial charge < -0.3 is 10.2 Å². The Morgan fingerprint density at radius 1 is 1.14 bits per heavy atom. The molecule has 8 nitrogen and oxygen atoms in total. The second-order valence-corrected chi connectivity index (χ2v) is 6.77. The maximum Gasteiger partial charge on any atom is 0.453 e. The van der Waals surface area contributed by atoms with Crippen LogP contribution in [0.4, 0.5) is 13.2 Å². The van der Waals surface area contributed by atoms with E-state index in [0.29, 0.717) is 17.0 Å². The predicted molar refractivity (Wildman–Crippen MR) is 92.4 cm³/mol. The molecule has 3 rings (SSSR count). The van der Waals surface area contributed by atoms with Crippen molar-refractivity contribution in [1.29, 1.82) is 0 Å². The molecular weight excluding hydrogens is 377 g/mol. The minimum atomic E-state index is -4.67. The lowest BCUT2D eigenvalue weighted by atomic mass is 10.1. The van der Waals surface area contributed by atoms with E-state index in [4.69, 9.17) is 0 Å². The van der Waals surface area contributed by atoms with Gasteiger partial charge in [-0.1, -0.05) is 0 Å². The quantitative estimate of drug-likeness (QED) is 0.823. The predicted octanol–water partition coefficient (Wildman–Crippen LogP) is 1.43. The molecule has 1 aliphatic rings. The number of halogens is 3. The number of hydrogen-bond donors (Lipinski definition) is 1. The standard InChI is InChI=1S/C17H21F3N6O2/c1-10-12(9-13(27)21-6-5-14(28)25-7-3-4-8-25)11(2)26-16(22-10)23-15(24-26)17(18,19)20/h3-9H2,1-2H3,(H,21,27). The zero-order valence-electron chi connectivity index (χ0n) is 15.6. The Bertz CT molecular complexity index is 902. The van der Waals surface area contributed by atoms with E-state index in [1.807, 2.05) is 0 Å². The van der Waals surface area contributed by atoms with Crippen LogP contribution in [0.5, 0.6) is 0 Å². The van der Waals surface area contributed by atoms with Crippen LogP contribution < -0.4 is 5.32 Å². The van der Waals surface area contributed by atoms with Crippen LogP contribution >= 0.6 is 0 Å². The molecule has 0 unspecified atom stereocenters. The topological polar surface area (TPSA) is 92.5 Å². The summed E-state index contributed by atoms with van der Waals surface area (Å²) in [5, 5.41) is 6.14. The summed E-state index contributed by atoms with van der Waals surface area (Å²) in [6.07, 6.45) is -2.51. The van der Waals surface area contributed by atoms with Crippen molar-refractivity contribution in [2.45, 2.75) is 45.7 Å². The van der Waals surface area contributed by atoms with Gasteiger partial charge in [0.2, 0.25) is 11.8 Å². The van der Waals surface area contributed by atoms with Crippen molar-refractivity contribution in [3.05, 3.63) is 22.8 Å². The highest BCUT2D eigenvalue weighted by Crippen LogP contribution is 2.27. The first-order valence-corrected chi connectivity index (χ1v) is 9.01. The molecule has 0 radical (unpaired) electrons. The molecule has 2 aromatic rings. The van der Waals surface area contributed by atoms with Crippen molar-refractivity contribution in [3.63, 3.8) is 0 Å². The molecule has 3 heterocycles. The molecule has 1 saturated heterocycles. The molecule has 0 atom stereocenters. The van der Waals surface area contributed by atoms with Gasteiger partial charge in [0.15, 0.2) is 0 Å². The van der Waals surface area contributed by atoms with E-state index in [1.54, 1.807) is 18.7 Å². The first-order chi connectivity index (χ1) is 13.2. The first-order valence-electron chi connectivity index (χ1n) is 9.01. The summed E-state index contributed by atoms with van der Waals surface area (Å²) in [5.74, 6) is -1.76. The van der Waals surface area contributed by atoms with Crippen molar-refractivity contribution in [2.24, 2.45) is 0 Å². The van der Waals surface area contributed by atoms with Crippen molar-refractivity contribution >= 4 is 17.6 Å². The zero-order valence-corrected chi connectivity index (χ0v) is 15.6. The van der Waals surface area contributed by atoms with Crippen molar-refractivity contribution in [3.8, 4) is 0 Å². The van der Waals surface area contributed by atoms with Gasteiger partial charge in [-0.25, -0.2) is 9.50 Å². The molecule has 2 amide bonds. The van der Waals surface area contributed by atoms with Gasteiger partial charge in [0.05, 0.1) is 6.42 Å². The van der Waals surface area contributed by atoms with Gasteiger partial charge in [-0.3, -0.25) is 9.59 Å². The van der Waals surface area contributed by atoms with Gasteiger partial charge in [-0.15, -0.1) is 5.10 Å². The van der Waals surface area contributed by atoms with Crippen molar-refractivity contribution in [2.75, 3.05) is 19.6 Å². The summed E-state index contributed by atoms with van der Waals surface area (Å²) in [5.41, 5.74) is 1.26. The molecular formula is C17H21F3N6O2. The van der Waals surface area contributed by atoms with Gasteiger partial charge >= 0.3 is 6.18 Å². The number of likely N-dealkylation sites (tertiary alicyclic amines) is 1. The number of carbonyl (C=O) groups is 2. The Hall–Kier alpha value is -2.72. The van der Waals surface area contributed by atoms with Crippen LogP contribution in [-0.4, -0.2) is 55.9 Å². The molecule has 0 aromatic carbocycles. The van der Waals surface area contributed by atoms with Crippen LogP contribution in [0.15, 0.2) is 0 Å². The smallest absolute Gasteiger partial charge is 0.355 e. The second kappa shape index (κ2) is 7.72. The lowest BCUT2D eigenvalue weighted by Gasteiger charge is -2.15. The van der Waals surface area contributed by atoms with E-state index in [2.05, 4.69) is 20.4 Å². The molecule has 1 fully saturated rings. The van der Waals surface area contributed by atoms with Crippen LogP contribution in [-0.2, 0) is 22.2 Å². The van der Waals surface area contributed by atoms with E-state index < -0.39 is 12.0 Å². The third-order valence-electron chi connectivity index (χ3n) is 4.76. The molecule has 0 aliphatic carbocycles. The fourth-order valence-corrected chi connectivity index (χ4v) is 3.24. The largest absolute Gasteiger partial charge is 0.453 e. The van der Waals surface area contributed by atoms with Crippen molar-refractivity contribution < 1.29 is 22.8 Å². The summed E-state index contributed by atoms with van der Waals surface area (Å²) in [6, 6.07) is 0. The molecule has 28 heavy (non-hydrogen) atoms. The number of fused-ring (bicyclic) bond motifs is 1. The number of nitrogens with zero attached hydrogens (tertiary/aromatic N) is 5. The SMILES string of the molecule is Cc1nc2nc(C(F)(F)F)nn2c(C)c1CC(=O)NCCC(=O)N1CCCC1. The van der Waals surface area contributed by atoms with Gasteiger partial charge in [0.25, 0.3) is 11.6 Å². The third kappa shape index (κ3) is 4.23. The highest BCUT2D eigenvalue weighted by atomic mass is 19.4. The Balaban J connectivity index is 1.65. The number of rotatable bonds is 5. The summed E-state index contributed by atoms with van der Waals surface area (Å²) in [4.78, 5) is 33.4. The van der Waals surface area contributed by atoms with Crippen LogP contribution in [0.25, 0.3) is 5.78 Å². The summed E-state index contributed by atoms with van der Waals surface area (Å²) in [6.45, 7) is 4.90. The maximum atomic E-state index is 12.8. The second-order valence-electron chi connectivity index (χ2n) is 6.77. The van der Waals surface area contributed by atoms with Crippen LogP contribution in [0.1, 0.15) is 42.0 Å². The van der Waals surface area contributed by atoms with Crippen LogP contribution in [0.3, 0.4) is 0 Å². The van der Waals surface area contributed by atoms with E-state index >= 15 is 0 Å². The number of carbonyl (C=O) groups excluding carboxylic acids is 2. The fraction of sp³-hybridized carbons (Fsp3) is 0.588. The molecule has 11 heteroatoms. The number of aromatic nitrogens is 4. The monoisotopic (exact) mass is 398 g/mol. The zero-order chi connectivity index (χ0) is 20.5. The lowest BCUT2D eigenvalue weighted by Crippen LogP contribution is -2.33. The molecule has 0 bridgehead atoms. The molecule has 0 saturated carbocycles. The Kier molecular flexibility index (Phi) is 5.52. The van der Waals surface area contributed by atoms with Gasteiger partial charge in [0.1, 0.15) is 0 Å². The van der Waals surface area contributed by atoms with Crippen LogP contribution in [0, 0.1) is 13.8 Å². The molecule has 0 spiro atoms. The van der Waals surface area contributed by atoms with E-state index in [-0.39, 0.29) is 37.0 Å². The van der Waals surface area contributed by atoms with E-state index in [9.17, 15) is 22.8 Å². The normalized spacial score (nSPS) is 14.7. The van der Waals surface area contributed by atoms with Crippen LogP contribution in [0.2, 0.25) is 0 Å². The summed E-state index contributed by atoms with van der Waals surface area (Å²) >= 11 is 0. The molecule has 152 valence electrons. The van der Waals surface area contributed by atoms with Gasteiger partial charge in [0, 0.05) is 43.0 Å². The summed E-state index contributed by atoms with van der Waals surface area (Å²) < 4.78 is 39.5. The Morgan fingerprint density at radius 3 is 2.46 bits per heavy atom.